The molecule has 2 rings (SSSR count). The van der Waals surface area contributed by atoms with Crippen molar-refractivity contribution in [3.63, 3.8) is 0 Å². The zero-order chi connectivity index (χ0) is 14.9. The molecule has 0 saturated heterocycles. The van der Waals surface area contributed by atoms with Gasteiger partial charge < -0.3 is 19.9 Å². The van der Waals surface area contributed by atoms with Gasteiger partial charge in [-0.1, -0.05) is 11.6 Å². The smallest absolute Gasteiger partial charge is 0.183 e. The Bertz CT molecular complexity index is 640. The van der Waals surface area contributed by atoms with Crippen molar-refractivity contribution in [3.8, 4) is 28.4 Å². The maximum absolute atomic E-state index is 6.31. The van der Waals surface area contributed by atoms with Crippen molar-refractivity contribution in [2.75, 3.05) is 27.1 Å². The molecule has 0 atom stereocenters. The molecule has 0 aliphatic rings. The van der Waals surface area contributed by atoms with E-state index in [0.29, 0.717) is 39.2 Å². The molecule has 0 saturated carbocycles. The molecule has 0 aliphatic carbocycles. The minimum atomic E-state index is 0.326. The van der Waals surface area contributed by atoms with Crippen LogP contribution in [-0.4, -0.2) is 31.1 Å². The van der Waals surface area contributed by atoms with Crippen LogP contribution in [0.1, 0.15) is 0 Å². The van der Waals surface area contributed by atoms with E-state index in [1.807, 2.05) is 0 Å². The number of aryl methyl sites for hydroxylation is 1. The van der Waals surface area contributed by atoms with Gasteiger partial charge in [0.1, 0.15) is 16.6 Å². The molecule has 2 aromatic rings. The van der Waals surface area contributed by atoms with E-state index < -0.39 is 0 Å². The van der Waals surface area contributed by atoms with Gasteiger partial charge in [-0.2, -0.15) is 5.10 Å². The quantitative estimate of drug-likeness (QED) is 0.938. The lowest BCUT2D eigenvalue weighted by molar-refractivity contribution is 0.350. The third-order valence-electron chi connectivity index (χ3n) is 3.05. The van der Waals surface area contributed by atoms with Gasteiger partial charge in [0.05, 0.1) is 27.5 Å². The van der Waals surface area contributed by atoms with E-state index in [4.69, 9.17) is 31.5 Å². The molecule has 2 N–H and O–H groups in total. The van der Waals surface area contributed by atoms with Gasteiger partial charge in [-0.15, -0.1) is 0 Å². The number of hydrogen-bond donors (Lipinski definition) is 1. The minimum Gasteiger partial charge on any atom is -0.494 e. The molecule has 6 nitrogen and oxygen atoms in total. The molecule has 0 unspecified atom stereocenters. The van der Waals surface area contributed by atoms with Crippen LogP contribution in [-0.2, 0) is 7.05 Å². The number of ether oxygens (including phenoxy) is 3. The van der Waals surface area contributed by atoms with Crippen molar-refractivity contribution >= 4 is 17.4 Å². The second kappa shape index (κ2) is 5.50. The summed E-state index contributed by atoms with van der Waals surface area (Å²) in [5.74, 6) is 1.88. The number of aromatic nitrogens is 2. The Balaban J connectivity index is 2.75. The summed E-state index contributed by atoms with van der Waals surface area (Å²) in [5.41, 5.74) is 7.41. The van der Waals surface area contributed by atoms with Gasteiger partial charge in [0.15, 0.2) is 11.5 Å². The van der Waals surface area contributed by atoms with Gasteiger partial charge in [-0.25, -0.2) is 0 Å². The molecule has 1 aromatic carbocycles. The molecule has 0 amide bonds. The van der Waals surface area contributed by atoms with Gasteiger partial charge in [0.2, 0.25) is 0 Å². The summed E-state index contributed by atoms with van der Waals surface area (Å²) in [6.45, 7) is 0. The van der Waals surface area contributed by atoms with E-state index in [1.165, 1.54) is 21.3 Å². The zero-order valence-corrected chi connectivity index (χ0v) is 12.5. The van der Waals surface area contributed by atoms with Crippen LogP contribution in [0.3, 0.4) is 0 Å². The van der Waals surface area contributed by atoms with E-state index in [0.717, 1.165) is 0 Å². The van der Waals surface area contributed by atoms with Crippen LogP contribution >= 0.6 is 11.6 Å². The summed E-state index contributed by atoms with van der Waals surface area (Å²) in [7, 11) is 6.34. The van der Waals surface area contributed by atoms with E-state index in [9.17, 15) is 0 Å². The predicted molar refractivity (Wildman–Crippen MR) is 77.7 cm³/mol. The van der Waals surface area contributed by atoms with Crippen molar-refractivity contribution in [1.82, 2.24) is 9.78 Å². The van der Waals surface area contributed by atoms with E-state index in [-0.39, 0.29) is 0 Å². The Morgan fingerprint density at radius 2 is 1.75 bits per heavy atom. The highest BCUT2D eigenvalue weighted by Crippen LogP contribution is 2.48. The summed E-state index contributed by atoms with van der Waals surface area (Å²) in [5, 5.41) is 4.44. The molecule has 0 aliphatic heterocycles. The third-order valence-corrected chi connectivity index (χ3v) is 3.39. The molecule has 7 heteroatoms. The molecule has 0 spiro atoms. The lowest BCUT2D eigenvalue weighted by atomic mass is 10.1. The molecule has 108 valence electrons. The number of anilines is 1. The van der Waals surface area contributed by atoms with Crippen molar-refractivity contribution in [2.24, 2.45) is 7.05 Å². The maximum Gasteiger partial charge on any atom is 0.183 e. The van der Waals surface area contributed by atoms with Gasteiger partial charge in [-0.05, 0) is 6.07 Å². The molecule has 1 heterocycles. The third kappa shape index (κ3) is 2.12. The number of benzene rings is 1. The van der Waals surface area contributed by atoms with Crippen molar-refractivity contribution in [3.05, 3.63) is 17.3 Å². The van der Waals surface area contributed by atoms with E-state index in [1.54, 1.807) is 24.0 Å². The average Bonchev–Trinajstić information content (AvgIpc) is 2.77. The molecule has 1 aromatic heterocycles. The van der Waals surface area contributed by atoms with Crippen molar-refractivity contribution in [1.29, 1.82) is 0 Å². The van der Waals surface area contributed by atoms with Crippen LogP contribution in [0.15, 0.2) is 12.3 Å². The Hall–Kier alpha value is -2.08. The fraction of sp³-hybridized carbons (Fsp3) is 0.308. The van der Waals surface area contributed by atoms with Crippen molar-refractivity contribution in [2.45, 2.75) is 0 Å². The van der Waals surface area contributed by atoms with Gasteiger partial charge in [0, 0.05) is 18.2 Å². The number of nitrogens with two attached hydrogens (primary N) is 1. The van der Waals surface area contributed by atoms with Crippen LogP contribution in [0.2, 0.25) is 5.02 Å². The predicted octanol–water partition coefficient (Wildman–Crippen LogP) is 2.35. The number of methoxy groups -OCH3 is 3. The zero-order valence-electron chi connectivity index (χ0n) is 11.7. The fourth-order valence-corrected chi connectivity index (χ4v) is 2.34. The molecule has 20 heavy (non-hydrogen) atoms. The largest absolute Gasteiger partial charge is 0.494 e. The van der Waals surface area contributed by atoms with E-state index in [2.05, 4.69) is 5.10 Å². The first-order valence-electron chi connectivity index (χ1n) is 5.81. The highest BCUT2D eigenvalue weighted by atomic mass is 35.5. The minimum absolute atomic E-state index is 0.326. The van der Waals surface area contributed by atoms with Crippen LogP contribution in [0.25, 0.3) is 11.1 Å². The monoisotopic (exact) mass is 297 g/mol. The SMILES string of the molecule is COc1cc(-c2cnn(C)c2N)c(OC)c(Cl)c1OC. The lowest BCUT2D eigenvalue weighted by Crippen LogP contribution is -2.00. The maximum atomic E-state index is 6.31. The molecule has 0 radical (unpaired) electrons. The van der Waals surface area contributed by atoms with Crippen LogP contribution in [0, 0.1) is 0 Å². The average molecular weight is 298 g/mol. The first-order valence-corrected chi connectivity index (χ1v) is 6.19. The number of nitrogens with zero attached hydrogens (tertiary/aromatic N) is 2. The topological polar surface area (TPSA) is 71.5 Å². The van der Waals surface area contributed by atoms with Crippen molar-refractivity contribution < 1.29 is 14.2 Å². The number of nitrogen functional groups attached to an aromatic ring is 1. The number of hydrogen-bond acceptors (Lipinski definition) is 5. The standard InChI is InChI=1S/C13H16ClN3O3/c1-17-13(15)8(6-16-17)7-5-9(18-2)12(20-4)10(14)11(7)19-3/h5-6H,15H2,1-4H3. The Morgan fingerprint density at radius 1 is 1.10 bits per heavy atom. The summed E-state index contributed by atoms with van der Waals surface area (Å²) < 4.78 is 17.5. The van der Waals surface area contributed by atoms with Gasteiger partial charge in [0.25, 0.3) is 0 Å². The second-order valence-corrected chi connectivity index (χ2v) is 4.45. The highest BCUT2D eigenvalue weighted by molar-refractivity contribution is 6.34. The van der Waals surface area contributed by atoms with E-state index >= 15 is 0 Å². The van der Waals surface area contributed by atoms with Gasteiger partial charge in [-0.3, -0.25) is 4.68 Å². The van der Waals surface area contributed by atoms with Crippen LogP contribution < -0.4 is 19.9 Å². The summed E-state index contributed by atoms with van der Waals surface area (Å²) in [6.07, 6.45) is 1.65. The van der Waals surface area contributed by atoms with Crippen LogP contribution in [0.5, 0.6) is 17.2 Å². The Kier molecular flexibility index (Phi) is 3.94. The molecule has 0 fully saturated rings. The molecular formula is C13H16ClN3O3. The Morgan fingerprint density at radius 3 is 2.20 bits per heavy atom. The first-order chi connectivity index (χ1) is 9.54. The van der Waals surface area contributed by atoms with Gasteiger partial charge >= 0.3 is 0 Å². The number of rotatable bonds is 4. The lowest BCUT2D eigenvalue weighted by Gasteiger charge is -2.16. The molecule has 0 bridgehead atoms. The number of halogens is 1. The van der Waals surface area contributed by atoms with Crippen LogP contribution in [0.4, 0.5) is 5.82 Å². The summed E-state index contributed by atoms with van der Waals surface area (Å²) in [6, 6.07) is 1.76. The highest BCUT2D eigenvalue weighted by Gasteiger charge is 2.22. The summed E-state index contributed by atoms with van der Waals surface area (Å²) in [4.78, 5) is 0. The molecular weight excluding hydrogens is 282 g/mol. The Labute approximate surface area is 122 Å². The normalized spacial score (nSPS) is 10.4. The fourth-order valence-electron chi connectivity index (χ4n) is 1.99. The summed E-state index contributed by atoms with van der Waals surface area (Å²) >= 11 is 6.31. The first kappa shape index (κ1) is 14.3. The second-order valence-electron chi connectivity index (χ2n) is 4.07.